The second kappa shape index (κ2) is 6.02. The molecule has 1 saturated heterocycles. The van der Waals surface area contributed by atoms with E-state index in [0.29, 0.717) is 25.0 Å². The summed E-state index contributed by atoms with van der Waals surface area (Å²) in [5.41, 5.74) is 0. The summed E-state index contributed by atoms with van der Waals surface area (Å²) in [7, 11) is 0. The lowest BCUT2D eigenvalue weighted by molar-refractivity contribution is -0.128. The monoisotopic (exact) mass is 237 g/mol. The van der Waals surface area contributed by atoms with Crippen molar-refractivity contribution >= 4 is 5.91 Å². The van der Waals surface area contributed by atoms with E-state index in [-0.39, 0.29) is 11.8 Å². The standard InChI is InChI=1S/C13H23N3O/c1-10(2)16(11(3)4)6-5-15-9-12(8-14)7-13(15)17/h10-12H,5-7,9H2,1-4H3. The summed E-state index contributed by atoms with van der Waals surface area (Å²) in [6.07, 6.45) is 0.403. The molecular weight excluding hydrogens is 214 g/mol. The van der Waals surface area contributed by atoms with E-state index in [1.54, 1.807) is 0 Å². The molecule has 96 valence electrons. The van der Waals surface area contributed by atoms with Gasteiger partial charge in [0.1, 0.15) is 0 Å². The van der Waals surface area contributed by atoms with Crippen molar-refractivity contribution in [2.24, 2.45) is 5.92 Å². The van der Waals surface area contributed by atoms with Crippen molar-refractivity contribution < 1.29 is 4.79 Å². The number of carbonyl (C=O) groups excluding carboxylic acids is 1. The Labute approximate surface area is 104 Å². The van der Waals surface area contributed by atoms with Crippen LogP contribution in [0.25, 0.3) is 0 Å². The van der Waals surface area contributed by atoms with Crippen LogP contribution in [-0.2, 0) is 4.79 Å². The minimum absolute atomic E-state index is 0.103. The van der Waals surface area contributed by atoms with Crippen LogP contribution >= 0.6 is 0 Å². The van der Waals surface area contributed by atoms with E-state index in [4.69, 9.17) is 5.26 Å². The van der Waals surface area contributed by atoms with Crippen molar-refractivity contribution in [3.05, 3.63) is 0 Å². The minimum atomic E-state index is -0.103. The number of amides is 1. The van der Waals surface area contributed by atoms with Crippen molar-refractivity contribution in [2.45, 2.75) is 46.2 Å². The fourth-order valence-corrected chi connectivity index (χ4v) is 2.42. The lowest BCUT2D eigenvalue weighted by Crippen LogP contribution is -2.43. The van der Waals surface area contributed by atoms with Crippen LogP contribution in [0.1, 0.15) is 34.1 Å². The maximum Gasteiger partial charge on any atom is 0.224 e. The van der Waals surface area contributed by atoms with Crippen LogP contribution in [-0.4, -0.2) is 47.4 Å². The van der Waals surface area contributed by atoms with Gasteiger partial charge in [-0.05, 0) is 27.7 Å². The summed E-state index contributed by atoms with van der Waals surface area (Å²) in [6.45, 7) is 10.9. The highest BCUT2D eigenvalue weighted by atomic mass is 16.2. The zero-order valence-electron chi connectivity index (χ0n) is 11.3. The number of hydrogen-bond donors (Lipinski definition) is 0. The first kappa shape index (κ1) is 14.0. The van der Waals surface area contributed by atoms with Crippen LogP contribution in [0.2, 0.25) is 0 Å². The molecule has 1 aliphatic rings. The van der Waals surface area contributed by atoms with Gasteiger partial charge in [0.05, 0.1) is 12.0 Å². The third kappa shape index (κ3) is 3.71. The Bertz CT molecular complexity index is 298. The first-order chi connectivity index (χ1) is 7.95. The summed E-state index contributed by atoms with van der Waals surface area (Å²) in [5, 5.41) is 8.82. The van der Waals surface area contributed by atoms with Gasteiger partial charge in [-0.2, -0.15) is 5.26 Å². The zero-order chi connectivity index (χ0) is 13.0. The highest BCUT2D eigenvalue weighted by molar-refractivity contribution is 5.79. The summed E-state index contributed by atoms with van der Waals surface area (Å²) in [4.78, 5) is 15.8. The van der Waals surface area contributed by atoms with E-state index >= 15 is 0 Å². The Kier molecular flexibility index (Phi) is 4.95. The molecule has 1 amide bonds. The predicted molar refractivity (Wildman–Crippen MR) is 67.3 cm³/mol. The Morgan fingerprint density at radius 3 is 2.41 bits per heavy atom. The van der Waals surface area contributed by atoms with Crippen molar-refractivity contribution in [2.75, 3.05) is 19.6 Å². The van der Waals surface area contributed by atoms with Gasteiger partial charge in [-0.3, -0.25) is 9.69 Å². The lowest BCUT2D eigenvalue weighted by Gasteiger charge is -2.32. The van der Waals surface area contributed by atoms with Gasteiger partial charge in [0.2, 0.25) is 5.91 Å². The maximum atomic E-state index is 11.7. The second-order valence-electron chi connectivity index (χ2n) is 5.30. The maximum absolute atomic E-state index is 11.7. The number of carbonyl (C=O) groups is 1. The van der Waals surface area contributed by atoms with Crippen LogP contribution in [0.3, 0.4) is 0 Å². The number of likely N-dealkylation sites (tertiary alicyclic amines) is 1. The van der Waals surface area contributed by atoms with E-state index in [9.17, 15) is 4.79 Å². The Balaban J connectivity index is 2.45. The van der Waals surface area contributed by atoms with Gasteiger partial charge in [0.25, 0.3) is 0 Å². The molecule has 4 nitrogen and oxygen atoms in total. The predicted octanol–water partition coefficient (Wildman–Crippen LogP) is 1.48. The molecule has 17 heavy (non-hydrogen) atoms. The quantitative estimate of drug-likeness (QED) is 0.727. The van der Waals surface area contributed by atoms with Crippen LogP contribution in [0, 0.1) is 17.2 Å². The number of rotatable bonds is 5. The highest BCUT2D eigenvalue weighted by Crippen LogP contribution is 2.17. The Morgan fingerprint density at radius 1 is 1.41 bits per heavy atom. The smallest absolute Gasteiger partial charge is 0.224 e. The summed E-state index contributed by atoms with van der Waals surface area (Å²) < 4.78 is 0. The molecular formula is C13H23N3O. The molecule has 0 saturated carbocycles. The van der Waals surface area contributed by atoms with Crippen molar-refractivity contribution in [3.8, 4) is 6.07 Å². The van der Waals surface area contributed by atoms with Gasteiger partial charge in [0, 0.05) is 38.1 Å². The molecule has 0 bridgehead atoms. The molecule has 0 aromatic rings. The fourth-order valence-electron chi connectivity index (χ4n) is 2.42. The molecule has 1 rings (SSSR count). The summed E-state index contributed by atoms with van der Waals surface area (Å²) in [5.74, 6) is 0.0260. The van der Waals surface area contributed by atoms with Gasteiger partial charge < -0.3 is 4.90 Å². The van der Waals surface area contributed by atoms with E-state index in [1.807, 2.05) is 4.90 Å². The van der Waals surface area contributed by atoms with Crippen molar-refractivity contribution in [1.82, 2.24) is 9.80 Å². The summed E-state index contributed by atoms with van der Waals surface area (Å²) >= 11 is 0. The number of nitriles is 1. The van der Waals surface area contributed by atoms with Crippen LogP contribution in [0.4, 0.5) is 0 Å². The van der Waals surface area contributed by atoms with Gasteiger partial charge >= 0.3 is 0 Å². The lowest BCUT2D eigenvalue weighted by atomic mass is 10.1. The molecule has 0 aromatic heterocycles. The van der Waals surface area contributed by atoms with Crippen LogP contribution in [0.15, 0.2) is 0 Å². The molecule has 0 N–H and O–H groups in total. The van der Waals surface area contributed by atoms with Gasteiger partial charge in [0.15, 0.2) is 0 Å². The fraction of sp³-hybridized carbons (Fsp3) is 0.846. The Hall–Kier alpha value is -1.08. The SMILES string of the molecule is CC(C)N(CCN1CC(C#N)CC1=O)C(C)C. The van der Waals surface area contributed by atoms with E-state index in [1.165, 1.54) is 0 Å². The molecule has 0 radical (unpaired) electrons. The van der Waals surface area contributed by atoms with Gasteiger partial charge in [-0.25, -0.2) is 0 Å². The third-order valence-electron chi connectivity index (χ3n) is 3.35. The van der Waals surface area contributed by atoms with Crippen LogP contribution < -0.4 is 0 Å². The normalized spacial score (nSPS) is 20.7. The highest BCUT2D eigenvalue weighted by Gasteiger charge is 2.29. The molecule has 1 fully saturated rings. The number of nitrogens with zero attached hydrogens (tertiary/aromatic N) is 3. The molecule has 0 aromatic carbocycles. The number of hydrogen-bond acceptors (Lipinski definition) is 3. The average Bonchev–Trinajstić information content (AvgIpc) is 2.59. The molecule has 1 unspecified atom stereocenters. The van der Waals surface area contributed by atoms with Crippen molar-refractivity contribution in [1.29, 1.82) is 5.26 Å². The minimum Gasteiger partial charge on any atom is -0.340 e. The molecule has 1 aliphatic heterocycles. The zero-order valence-corrected chi connectivity index (χ0v) is 11.3. The first-order valence-corrected chi connectivity index (χ1v) is 6.38. The van der Waals surface area contributed by atoms with Crippen molar-refractivity contribution in [3.63, 3.8) is 0 Å². The molecule has 1 heterocycles. The molecule has 0 spiro atoms. The Morgan fingerprint density at radius 2 is 2.00 bits per heavy atom. The largest absolute Gasteiger partial charge is 0.340 e. The topological polar surface area (TPSA) is 47.3 Å². The van der Waals surface area contributed by atoms with Crippen LogP contribution in [0.5, 0.6) is 0 Å². The van der Waals surface area contributed by atoms with Gasteiger partial charge in [-0.1, -0.05) is 0 Å². The second-order valence-corrected chi connectivity index (χ2v) is 5.30. The summed E-state index contributed by atoms with van der Waals surface area (Å²) in [6, 6.07) is 3.15. The first-order valence-electron chi connectivity index (χ1n) is 6.38. The molecule has 0 aliphatic carbocycles. The molecule has 4 heteroatoms. The average molecular weight is 237 g/mol. The van der Waals surface area contributed by atoms with E-state index in [2.05, 4.69) is 38.7 Å². The van der Waals surface area contributed by atoms with E-state index < -0.39 is 0 Å². The van der Waals surface area contributed by atoms with E-state index in [0.717, 1.165) is 13.1 Å². The molecule has 1 atom stereocenters. The van der Waals surface area contributed by atoms with Gasteiger partial charge in [-0.15, -0.1) is 0 Å². The third-order valence-corrected chi connectivity index (χ3v) is 3.35.